The van der Waals surface area contributed by atoms with Crippen molar-refractivity contribution >= 4 is 35.1 Å². The summed E-state index contributed by atoms with van der Waals surface area (Å²) in [5, 5.41) is 18.9. The molecular formula is C15H14N4O4S. The van der Waals surface area contributed by atoms with Crippen LogP contribution >= 0.6 is 11.3 Å². The van der Waals surface area contributed by atoms with E-state index in [0.29, 0.717) is 0 Å². The van der Waals surface area contributed by atoms with Crippen LogP contribution in [0.3, 0.4) is 0 Å². The molecule has 24 heavy (non-hydrogen) atoms. The Bertz CT molecular complexity index is 787. The molecule has 2 amide bonds. The number of nitrogens with one attached hydrogen (secondary N) is 2. The Kier molecular flexibility index (Phi) is 5.74. The van der Waals surface area contributed by atoms with Crippen molar-refractivity contribution in [1.29, 1.82) is 0 Å². The Morgan fingerprint density at radius 3 is 2.79 bits per heavy atom. The Morgan fingerprint density at radius 2 is 2.12 bits per heavy atom. The van der Waals surface area contributed by atoms with Gasteiger partial charge < -0.3 is 5.32 Å². The van der Waals surface area contributed by atoms with Gasteiger partial charge in [0.1, 0.15) is 0 Å². The first-order valence-corrected chi connectivity index (χ1v) is 7.74. The highest BCUT2D eigenvalue weighted by atomic mass is 32.1. The second kappa shape index (κ2) is 7.97. The van der Waals surface area contributed by atoms with Gasteiger partial charge in [-0.25, -0.2) is 5.43 Å². The molecule has 1 aromatic heterocycles. The summed E-state index contributed by atoms with van der Waals surface area (Å²) < 4.78 is 0. The summed E-state index contributed by atoms with van der Waals surface area (Å²) in [5.74, 6) is -1.06. The molecule has 0 saturated heterocycles. The number of nitrogens with zero attached hydrogens (tertiary/aromatic N) is 2. The van der Waals surface area contributed by atoms with Crippen molar-refractivity contribution in [3.8, 4) is 0 Å². The molecule has 0 aliphatic rings. The summed E-state index contributed by atoms with van der Waals surface area (Å²) in [7, 11) is 0. The lowest BCUT2D eigenvalue weighted by Crippen LogP contribution is -2.35. The van der Waals surface area contributed by atoms with Gasteiger partial charge in [0.2, 0.25) is 0 Å². The minimum atomic E-state index is -0.561. The molecule has 0 aliphatic carbocycles. The normalized spacial score (nSPS) is 10.5. The Labute approximate surface area is 141 Å². The minimum Gasteiger partial charge on any atom is -0.343 e. The molecule has 2 aromatic rings. The number of hydrogen-bond donors (Lipinski definition) is 2. The molecule has 0 spiro atoms. The van der Waals surface area contributed by atoms with E-state index in [1.54, 1.807) is 0 Å². The molecule has 8 nitrogen and oxygen atoms in total. The molecule has 0 unspecified atom stereocenters. The molecule has 9 heteroatoms. The van der Waals surface area contributed by atoms with Crippen LogP contribution in [0.5, 0.6) is 0 Å². The van der Waals surface area contributed by atoms with Crippen molar-refractivity contribution in [2.75, 3.05) is 6.54 Å². The van der Waals surface area contributed by atoms with Gasteiger partial charge >= 0.3 is 0 Å². The van der Waals surface area contributed by atoms with Crippen molar-refractivity contribution in [3.63, 3.8) is 0 Å². The fourth-order valence-electron chi connectivity index (χ4n) is 1.90. The van der Waals surface area contributed by atoms with E-state index < -0.39 is 16.7 Å². The zero-order chi connectivity index (χ0) is 17.5. The van der Waals surface area contributed by atoms with Gasteiger partial charge in [-0.05, 0) is 24.4 Å². The lowest BCUT2D eigenvalue weighted by atomic mass is 10.1. The molecule has 0 atom stereocenters. The second-order valence-electron chi connectivity index (χ2n) is 4.70. The summed E-state index contributed by atoms with van der Waals surface area (Å²) >= 11 is 1.47. The van der Waals surface area contributed by atoms with E-state index in [4.69, 9.17) is 0 Å². The van der Waals surface area contributed by atoms with E-state index in [-0.39, 0.29) is 23.4 Å². The van der Waals surface area contributed by atoms with Gasteiger partial charge in [-0.15, -0.1) is 11.3 Å². The number of carbonyl (C=O) groups is 2. The van der Waals surface area contributed by atoms with Crippen LogP contribution in [0.25, 0.3) is 0 Å². The smallest absolute Gasteiger partial charge is 0.273 e. The number of hydrogen-bond acceptors (Lipinski definition) is 6. The topological polar surface area (TPSA) is 114 Å². The first-order valence-electron chi connectivity index (χ1n) is 6.86. The van der Waals surface area contributed by atoms with E-state index in [9.17, 15) is 19.7 Å². The maximum Gasteiger partial charge on any atom is 0.273 e. The van der Waals surface area contributed by atoms with Crippen molar-refractivity contribution in [2.45, 2.75) is 6.92 Å². The van der Waals surface area contributed by atoms with Crippen LogP contribution in [-0.2, 0) is 4.79 Å². The Balaban J connectivity index is 1.90. The minimum absolute atomic E-state index is 0.146. The van der Waals surface area contributed by atoms with E-state index in [2.05, 4.69) is 15.8 Å². The molecule has 2 rings (SSSR count). The Hall–Kier alpha value is -3.07. The van der Waals surface area contributed by atoms with Crippen molar-refractivity contribution in [2.24, 2.45) is 5.10 Å². The monoisotopic (exact) mass is 346 g/mol. The maximum absolute atomic E-state index is 12.1. The summed E-state index contributed by atoms with van der Waals surface area (Å²) in [6.45, 7) is 1.20. The number of nitro groups is 1. The van der Waals surface area contributed by atoms with Gasteiger partial charge in [-0.1, -0.05) is 12.1 Å². The zero-order valence-electron chi connectivity index (χ0n) is 12.7. The number of amides is 2. The predicted octanol–water partition coefficient (Wildman–Crippen LogP) is 1.84. The quantitative estimate of drug-likeness (QED) is 0.472. The molecule has 0 aliphatic heterocycles. The highest BCUT2D eigenvalue weighted by molar-refractivity contribution is 7.11. The third kappa shape index (κ3) is 4.46. The van der Waals surface area contributed by atoms with Crippen LogP contribution in [0.1, 0.15) is 20.8 Å². The SMILES string of the molecule is Cc1c(C(=O)NCC(=O)N/N=C/c2cccs2)cccc1[N+](=O)[O-]. The van der Waals surface area contributed by atoms with E-state index in [1.807, 2.05) is 17.5 Å². The molecule has 0 fully saturated rings. The second-order valence-corrected chi connectivity index (χ2v) is 5.68. The van der Waals surface area contributed by atoms with Crippen LogP contribution in [0.4, 0.5) is 5.69 Å². The van der Waals surface area contributed by atoms with Crippen LogP contribution in [-0.4, -0.2) is 29.5 Å². The van der Waals surface area contributed by atoms with Crippen molar-refractivity contribution in [1.82, 2.24) is 10.7 Å². The maximum atomic E-state index is 12.1. The fourth-order valence-corrected chi connectivity index (χ4v) is 2.48. The van der Waals surface area contributed by atoms with E-state index >= 15 is 0 Å². The number of hydrazone groups is 1. The first kappa shape index (κ1) is 17.3. The lowest BCUT2D eigenvalue weighted by Gasteiger charge is -2.07. The number of carbonyl (C=O) groups excluding carboxylic acids is 2. The number of rotatable bonds is 6. The molecule has 124 valence electrons. The van der Waals surface area contributed by atoms with Gasteiger partial charge in [-0.3, -0.25) is 19.7 Å². The standard InChI is InChI=1S/C15H14N4O4S/c1-10-12(5-2-6-13(10)19(22)23)15(21)16-9-14(20)18-17-8-11-4-3-7-24-11/h2-8H,9H2,1H3,(H,16,21)(H,18,20)/b17-8+. The zero-order valence-corrected chi connectivity index (χ0v) is 13.5. The third-order valence-electron chi connectivity index (χ3n) is 3.08. The molecular weight excluding hydrogens is 332 g/mol. The van der Waals surface area contributed by atoms with Gasteiger partial charge in [-0.2, -0.15) is 5.10 Å². The van der Waals surface area contributed by atoms with Crippen molar-refractivity contribution < 1.29 is 14.5 Å². The van der Waals surface area contributed by atoms with Crippen molar-refractivity contribution in [3.05, 3.63) is 61.8 Å². The fraction of sp³-hybridized carbons (Fsp3) is 0.133. The van der Waals surface area contributed by atoms with Crippen LogP contribution < -0.4 is 10.7 Å². The molecule has 0 saturated carbocycles. The van der Waals surface area contributed by atoms with E-state index in [1.165, 1.54) is 42.7 Å². The number of nitro benzene ring substituents is 1. The third-order valence-corrected chi connectivity index (χ3v) is 3.89. The van der Waals surface area contributed by atoms with E-state index in [0.717, 1.165) is 4.88 Å². The average molecular weight is 346 g/mol. The highest BCUT2D eigenvalue weighted by Crippen LogP contribution is 2.20. The predicted molar refractivity (Wildman–Crippen MR) is 90.2 cm³/mol. The molecule has 0 radical (unpaired) electrons. The average Bonchev–Trinajstić information content (AvgIpc) is 3.06. The van der Waals surface area contributed by atoms with Gasteiger partial charge in [0.15, 0.2) is 0 Å². The molecule has 0 bridgehead atoms. The molecule has 1 heterocycles. The summed E-state index contributed by atoms with van der Waals surface area (Å²) in [4.78, 5) is 34.9. The van der Waals surface area contributed by atoms with Gasteiger partial charge in [0.25, 0.3) is 17.5 Å². The summed E-state index contributed by atoms with van der Waals surface area (Å²) in [6, 6.07) is 7.90. The summed E-state index contributed by atoms with van der Waals surface area (Å²) in [6.07, 6.45) is 1.50. The van der Waals surface area contributed by atoms with Crippen LogP contribution in [0.15, 0.2) is 40.8 Å². The highest BCUT2D eigenvalue weighted by Gasteiger charge is 2.18. The van der Waals surface area contributed by atoms with Gasteiger partial charge in [0, 0.05) is 22.1 Å². The lowest BCUT2D eigenvalue weighted by molar-refractivity contribution is -0.385. The van der Waals surface area contributed by atoms with Crippen LogP contribution in [0, 0.1) is 17.0 Å². The largest absolute Gasteiger partial charge is 0.343 e. The molecule has 2 N–H and O–H groups in total. The van der Waals surface area contributed by atoms with Crippen LogP contribution in [0.2, 0.25) is 0 Å². The summed E-state index contributed by atoms with van der Waals surface area (Å²) in [5.41, 5.74) is 2.54. The Morgan fingerprint density at radius 1 is 1.33 bits per heavy atom. The molecule has 1 aromatic carbocycles. The first-order chi connectivity index (χ1) is 11.5. The number of benzene rings is 1. The van der Waals surface area contributed by atoms with Gasteiger partial charge in [0.05, 0.1) is 17.7 Å². The number of thiophene rings is 1.